The number of thiophene rings is 2. The number of aromatic nitrogens is 2. The number of nitrogens with zero attached hydrogens (tertiary/aromatic N) is 2. The zero-order chi connectivity index (χ0) is 15.7. The summed E-state index contributed by atoms with van der Waals surface area (Å²) in [4.78, 5) is 8.98. The first-order chi connectivity index (χ1) is 11.9. The second-order valence-electron chi connectivity index (χ2n) is 5.89. The van der Waals surface area contributed by atoms with Crippen LogP contribution in [0.2, 0.25) is 0 Å². The Bertz CT molecular complexity index is 1300. The van der Waals surface area contributed by atoms with E-state index in [0.29, 0.717) is 0 Å². The molecule has 0 unspecified atom stereocenters. The SMILES string of the molecule is c1cnc2ccc3c(sc4c5ccc6ncccc6c5sc34)c2c1. The van der Waals surface area contributed by atoms with E-state index in [2.05, 4.69) is 46.4 Å². The molecule has 0 radical (unpaired) electrons. The van der Waals surface area contributed by atoms with Crippen molar-refractivity contribution >= 4 is 74.1 Å². The van der Waals surface area contributed by atoms with Gasteiger partial charge in [0, 0.05) is 43.3 Å². The lowest BCUT2D eigenvalue weighted by atomic mass is 10.1. The normalized spacial score (nSPS) is 12.2. The van der Waals surface area contributed by atoms with Gasteiger partial charge in [-0.25, -0.2) is 0 Å². The maximum absolute atomic E-state index is 4.49. The highest BCUT2D eigenvalue weighted by molar-refractivity contribution is 7.37. The average molecular weight is 342 g/mol. The summed E-state index contributed by atoms with van der Waals surface area (Å²) in [6.45, 7) is 0. The van der Waals surface area contributed by atoms with Crippen molar-refractivity contribution in [2.45, 2.75) is 0 Å². The average Bonchev–Trinajstić information content (AvgIpc) is 3.18. The fourth-order valence-corrected chi connectivity index (χ4v) is 6.36. The fraction of sp³-hybridized carbons (Fsp3) is 0. The summed E-state index contributed by atoms with van der Waals surface area (Å²) in [5.74, 6) is 0. The summed E-state index contributed by atoms with van der Waals surface area (Å²) >= 11 is 3.77. The maximum Gasteiger partial charge on any atom is 0.0716 e. The van der Waals surface area contributed by atoms with Crippen LogP contribution in [0.3, 0.4) is 0 Å². The second-order valence-corrected chi connectivity index (χ2v) is 7.93. The van der Waals surface area contributed by atoms with Crippen molar-refractivity contribution in [3.63, 3.8) is 0 Å². The molecule has 0 aliphatic rings. The zero-order valence-corrected chi connectivity index (χ0v) is 14.1. The summed E-state index contributed by atoms with van der Waals surface area (Å²) in [7, 11) is 0. The highest BCUT2D eigenvalue weighted by atomic mass is 32.1. The molecule has 2 aromatic carbocycles. The summed E-state index contributed by atoms with van der Waals surface area (Å²) in [6.07, 6.45) is 3.72. The van der Waals surface area contributed by atoms with Crippen LogP contribution < -0.4 is 0 Å². The van der Waals surface area contributed by atoms with Crippen LogP contribution in [0.15, 0.2) is 60.9 Å². The van der Waals surface area contributed by atoms with Crippen LogP contribution in [0, 0.1) is 0 Å². The molecule has 0 spiro atoms. The monoisotopic (exact) mass is 342 g/mol. The number of hydrogen-bond donors (Lipinski definition) is 0. The van der Waals surface area contributed by atoms with Gasteiger partial charge in [0.2, 0.25) is 0 Å². The predicted octanol–water partition coefficient (Wildman–Crippen LogP) is 6.37. The molecule has 0 atom stereocenters. The van der Waals surface area contributed by atoms with Crippen molar-refractivity contribution in [3.8, 4) is 0 Å². The molecular formula is C20H10N2S2. The molecule has 4 heterocycles. The second kappa shape index (κ2) is 4.50. The fourth-order valence-electron chi connectivity index (χ4n) is 3.48. The van der Waals surface area contributed by atoms with Crippen molar-refractivity contribution in [3.05, 3.63) is 60.9 Å². The molecular weight excluding hydrogens is 332 g/mol. The first-order valence-electron chi connectivity index (χ1n) is 7.76. The van der Waals surface area contributed by atoms with Gasteiger partial charge in [-0.15, -0.1) is 22.7 Å². The highest BCUT2D eigenvalue weighted by Gasteiger charge is 2.15. The molecule has 0 saturated heterocycles. The molecule has 2 nitrogen and oxygen atoms in total. The number of benzene rings is 2. The largest absolute Gasteiger partial charge is 0.256 e. The van der Waals surface area contributed by atoms with Crippen LogP contribution in [-0.2, 0) is 0 Å². The lowest BCUT2D eigenvalue weighted by Gasteiger charge is -1.99. The molecule has 6 rings (SSSR count). The lowest BCUT2D eigenvalue weighted by Crippen LogP contribution is -1.76. The Labute approximate surface area is 145 Å². The third-order valence-corrected chi connectivity index (χ3v) is 7.25. The van der Waals surface area contributed by atoms with Gasteiger partial charge in [-0.2, -0.15) is 0 Å². The van der Waals surface area contributed by atoms with Crippen LogP contribution >= 0.6 is 22.7 Å². The van der Waals surface area contributed by atoms with E-state index in [9.17, 15) is 0 Å². The van der Waals surface area contributed by atoms with E-state index in [1.54, 1.807) is 0 Å². The Morgan fingerprint density at radius 1 is 0.500 bits per heavy atom. The van der Waals surface area contributed by atoms with Gasteiger partial charge in [0.25, 0.3) is 0 Å². The summed E-state index contributed by atoms with van der Waals surface area (Å²) in [6, 6.07) is 17.1. The van der Waals surface area contributed by atoms with Crippen LogP contribution in [-0.4, -0.2) is 9.97 Å². The topological polar surface area (TPSA) is 25.8 Å². The van der Waals surface area contributed by atoms with Crippen LogP contribution in [0.5, 0.6) is 0 Å². The molecule has 0 N–H and O–H groups in total. The van der Waals surface area contributed by atoms with Gasteiger partial charge in [-0.05, 0) is 48.5 Å². The standard InChI is InChI=1S/C20H10N2S2/c1-3-11-15(21-9-1)7-5-13-17(11)23-20-14-6-8-16-12(4-2-10-22-16)18(14)24-19(13)20/h1-10H. The Hall–Kier alpha value is -2.56. The molecule has 112 valence electrons. The molecule has 0 fully saturated rings. The smallest absolute Gasteiger partial charge is 0.0716 e. The van der Waals surface area contributed by atoms with Crippen molar-refractivity contribution in [1.29, 1.82) is 0 Å². The van der Waals surface area contributed by atoms with Gasteiger partial charge >= 0.3 is 0 Å². The first-order valence-corrected chi connectivity index (χ1v) is 9.40. The van der Waals surface area contributed by atoms with E-state index < -0.39 is 0 Å². The van der Waals surface area contributed by atoms with Gasteiger partial charge in [0.15, 0.2) is 0 Å². The number of rotatable bonds is 0. The minimum Gasteiger partial charge on any atom is -0.256 e. The van der Waals surface area contributed by atoms with Gasteiger partial charge in [-0.1, -0.05) is 0 Å². The summed E-state index contributed by atoms with van der Waals surface area (Å²) < 4.78 is 5.45. The van der Waals surface area contributed by atoms with E-state index >= 15 is 0 Å². The predicted molar refractivity (Wildman–Crippen MR) is 105 cm³/mol. The Kier molecular flexibility index (Phi) is 2.40. The van der Waals surface area contributed by atoms with E-state index in [-0.39, 0.29) is 0 Å². The minimum absolute atomic E-state index is 1.07. The molecule has 0 bridgehead atoms. The van der Waals surface area contributed by atoms with Gasteiger partial charge < -0.3 is 0 Å². The summed E-state index contributed by atoms with van der Waals surface area (Å²) in [5, 5.41) is 5.18. The highest BCUT2D eigenvalue weighted by Crippen LogP contribution is 2.47. The molecule has 0 aliphatic heterocycles. The lowest BCUT2D eigenvalue weighted by molar-refractivity contribution is 1.42. The maximum atomic E-state index is 4.49. The number of pyridine rings is 2. The quantitative estimate of drug-likeness (QED) is 0.321. The van der Waals surface area contributed by atoms with Gasteiger partial charge in [0.1, 0.15) is 0 Å². The molecule has 6 aromatic rings. The molecule has 4 heteroatoms. The van der Waals surface area contributed by atoms with Crippen LogP contribution in [0.1, 0.15) is 0 Å². The molecule has 0 aliphatic carbocycles. The molecule has 24 heavy (non-hydrogen) atoms. The van der Waals surface area contributed by atoms with Crippen molar-refractivity contribution < 1.29 is 0 Å². The van der Waals surface area contributed by atoms with Gasteiger partial charge in [-0.3, -0.25) is 9.97 Å². The molecule has 4 aromatic heterocycles. The third kappa shape index (κ3) is 1.54. The van der Waals surface area contributed by atoms with E-state index in [0.717, 1.165) is 11.0 Å². The van der Waals surface area contributed by atoms with E-state index in [1.165, 1.54) is 40.3 Å². The van der Waals surface area contributed by atoms with E-state index in [4.69, 9.17) is 0 Å². The Balaban J connectivity index is 1.86. The van der Waals surface area contributed by atoms with Crippen LogP contribution in [0.4, 0.5) is 0 Å². The van der Waals surface area contributed by atoms with Gasteiger partial charge in [0.05, 0.1) is 20.4 Å². The van der Waals surface area contributed by atoms with Crippen molar-refractivity contribution in [1.82, 2.24) is 9.97 Å². The van der Waals surface area contributed by atoms with Crippen LogP contribution in [0.25, 0.3) is 51.4 Å². The Morgan fingerprint density at radius 3 is 1.50 bits per heavy atom. The first kappa shape index (κ1) is 12.8. The number of fused-ring (bicyclic) bond motifs is 9. The number of hydrogen-bond acceptors (Lipinski definition) is 4. The Morgan fingerprint density at radius 2 is 1.00 bits per heavy atom. The molecule has 0 amide bonds. The van der Waals surface area contributed by atoms with Crippen molar-refractivity contribution in [2.75, 3.05) is 0 Å². The zero-order valence-electron chi connectivity index (χ0n) is 12.5. The molecule has 0 saturated carbocycles. The summed E-state index contributed by atoms with van der Waals surface area (Å²) in [5.41, 5.74) is 2.13. The third-order valence-electron chi connectivity index (χ3n) is 4.58. The minimum atomic E-state index is 1.07. The van der Waals surface area contributed by atoms with Crippen molar-refractivity contribution in [2.24, 2.45) is 0 Å². The van der Waals surface area contributed by atoms with E-state index in [1.807, 2.05) is 47.2 Å².